The summed E-state index contributed by atoms with van der Waals surface area (Å²) in [5.41, 5.74) is 2.04. The molecule has 2 heterocycles. The van der Waals surface area contributed by atoms with Crippen molar-refractivity contribution in [2.45, 2.75) is 17.9 Å². The van der Waals surface area contributed by atoms with Crippen LogP contribution in [0.3, 0.4) is 0 Å². The van der Waals surface area contributed by atoms with Gasteiger partial charge in [-0.15, -0.1) is 11.8 Å². The van der Waals surface area contributed by atoms with E-state index in [1.807, 2.05) is 47.4 Å². The molecule has 0 atom stereocenters. The van der Waals surface area contributed by atoms with Crippen molar-refractivity contribution in [1.29, 1.82) is 0 Å². The fourth-order valence-electron chi connectivity index (χ4n) is 2.95. The largest absolute Gasteiger partial charge is 0.308 e. The lowest BCUT2D eigenvalue weighted by molar-refractivity contribution is -0.118. The molecule has 0 radical (unpaired) electrons. The second kappa shape index (κ2) is 6.49. The van der Waals surface area contributed by atoms with E-state index in [1.165, 1.54) is 0 Å². The van der Waals surface area contributed by atoms with Crippen molar-refractivity contribution in [3.05, 3.63) is 53.6 Å². The standard InChI is InChI=1S/C18H16ClN3OS/c19-13-5-7-14(8-6-13)24-12-9-17(23)22-11-10-21-16-4-2-1-3-15(16)20-18(21)22/h1-8H,9-12H2. The number of fused-ring (bicyclic) bond motifs is 3. The molecule has 1 aromatic heterocycles. The van der Waals surface area contributed by atoms with Gasteiger partial charge in [0.1, 0.15) is 0 Å². The maximum atomic E-state index is 12.6. The van der Waals surface area contributed by atoms with Gasteiger partial charge in [-0.25, -0.2) is 4.98 Å². The number of halogens is 1. The van der Waals surface area contributed by atoms with Crippen LogP contribution in [0.5, 0.6) is 0 Å². The maximum absolute atomic E-state index is 12.6. The highest BCUT2D eigenvalue weighted by Crippen LogP contribution is 2.28. The molecule has 24 heavy (non-hydrogen) atoms. The first-order valence-corrected chi connectivity index (χ1v) is 9.23. The topological polar surface area (TPSA) is 38.1 Å². The number of aromatic nitrogens is 2. The number of hydrogen-bond acceptors (Lipinski definition) is 3. The molecule has 0 saturated carbocycles. The number of hydrogen-bond donors (Lipinski definition) is 0. The van der Waals surface area contributed by atoms with Gasteiger partial charge in [-0.05, 0) is 36.4 Å². The fraction of sp³-hybridized carbons (Fsp3) is 0.222. The van der Waals surface area contributed by atoms with E-state index in [0.29, 0.717) is 13.0 Å². The molecule has 4 nitrogen and oxygen atoms in total. The summed E-state index contributed by atoms with van der Waals surface area (Å²) in [7, 11) is 0. The Morgan fingerprint density at radius 1 is 1.12 bits per heavy atom. The summed E-state index contributed by atoms with van der Waals surface area (Å²) < 4.78 is 2.12. The zero-order valence-corrected chi connectivity index (χ0v) is 14.6. The number of carbonyl (C=O) groups excluding carboxylic acids is 1. The van der Waals surface area contributed by atoms with Crippen molar-refractivity contribution in [2.24, 2.45) is 0 Å². The molecule has 4 rings (SSSR count). The Kier molecular flexibility index (Phi) is 4.21. The van der Waals surface area contributed by atoms with E-state index >= 15 is 0 Å². The van der Waals surface area contributed by atoms with Crippen LogP contribution in [0, 0.1) is 0 Å². The normalized spacial score (nSPS) is 13.5. The number of nitrogens with zero attached hydrogens (tertiary/aromatic N) is 3. The van der Waals surface area contributed by atoms with Gasteiger partial charge in [0.2, 0.25) is 11.9 Å². The Balaban J connectivity index is 1.42. The lowest BCUT2D eigenvalue weighted by atomic mass is 10.3. The lowest BCUT2D eigenvalue weighted by Gasteiger charge is -2.13. The Morgan fingerprint density at radius 3 is 2.75 bits per heavy atom. The lowest BCUT2D eigenvalue weighted by Crippen LogP contribution is -2.29. The number of rotatable bonds is 4. The predicted molar refractivity (Wildman–Crippen MR) is 98.9 cm³/mol. The van der Waals surface area contributed by atoms with Crippen LogP contribution in [0.25, 0.3) is 11.0 Å². The minimum Gasteiger partial charge on any atom is -0.308 e. The fourth-order valence-corrected chi connectivity index (χ4v) is 3.91. The third-order valence-electron chi connectivity index (χ3n) is 4.12. The summed E-state index contributed by atoms with van der Waals surface area (Å²) in [4.78, 5) is 20.1. The van der Waals surface area contributed by atoms with Crippen LogP contribution in [0.2, 0.25) is 5.02 Å². The minimum absolute atomic E-state index is 0.130. The highest BCUT2D eigenvalue weighted by atomic mass is 35.5. The van der Waals surface area contributed by atoms with Crippen molar-refractivity contribution < 1.29 is 4.79 Å². The van der Waals surface area contributed by atoms with Crippen LogP contribution in [-0.4, -0.2) is 27.8 Å². The number of carbonyl (C=O) groups is 1. The molecule has 0 spiro atoms. The molecule has 1 aliphatic heterocycles. The molecular weight excluding hydrogens is 342 g/mol. The van der Waals surface area contributed by atoms with Crippen molar-refractivity contribution in [2.75, 3.05) is 17.2 Å². The van der Waals surface area contributed by atoms with Gasteiger partial charge in [0.15, 0.2) is 0 Å². The Hall–Kier alpha value is -1.98. The summed E-state index contributed by atoms with van der Waals surface area (Å²) in [6, 6.07) is 15.7. The van der Waals surface area contributed by atoms with Gasteiger partial charge >= 0.3 is 0 Å². The van der Waals surface area contributed by atoms with Gasteiger partial charge < -0.3 is 4.57 Å². The molecule has 3 aromatic rings. The van der Waals surface area contributed by atoms with Crippen molar-refractivity contribution in [1.82, 2.24) is 9.55 Å². The first kappa shape index (κ1) is 15.5. The molecular formula is C18H16ClN3OS. The zero-order chi connectivity index (χ0) is 16.5. The molecule has 2 aromatic carbocycles. The highest BCUT2D eigenvalue weighted by molar-refractivity contribution is 7.99. The molecule has 0 aliphatic carbocycles. The SMILES string of the molecule is O=C(CCSc1ccc(Cl)cc1)N1CCn2c1nc1ccccc12. The molecule has 0 N–H and O–H groups in total. The molecule has 0 bridgehead atoms. The summed E-state index contributed by atoms with van der Waals surface area (Å²) >= 11 is 7.55. The summed E-state index contributed by atoms with van der Waals surface area (Å²) in [5.74, 6) is 1.65. The summed E-state index contributed by atoms with van der Waals surface area (Å²) in [5, 5.41) is 0.728. The molecule has 0 saturated heterocycles. The molecule has 1 aliphatic rings. The Labute approximate surface area is 149 Å². The van der Waals surface area contributed by atoms with Gasteiger partial charge in [0.05, 0.1) is 11.0 Å². The maximum Gasteiger partial charge on any atom is 0.230 e. The van der Waals surface area contributed by atoms with Crippen LogP contribution in [0.15, 0.2) is 53.4 Å². The van der Waals surface area contributed by atoms with Crippen LogP contribution in [-0.2, 0) is 11.3 Å². The number of imidazole rings is 1. The number of benzene rings is 2. The highest BCUT2D eigenvalue weighted by Gasteiger charge is 2.27. The van der Waals surface area contributed by atoms with E-state index in [4.69, 9.17) is 11.6 Å². The molecule has 6 heteroatoms. The number of thioether (sulfide) groups is 1. The van der Waals surface area contributed by atoms with E-state index in [1.54, 1.807) is 11.8 Å². The quantitative estimate of drug-likeness (QED) is 0.656. The van der Waals surface area contributed by atoms with Gasteiger partial charge in [0.25, 0.3) is 0 Å². The molecule has 1 amide bonds. The third kappa shape index (κ3) is 2.89. The van der Waals surface area contributed by atoms with E-state index in [2.05, 4.69) is 15.6 Å². The number of anilines is 1. The Morgan fingerprint density at radius 2 is 1.92 bits per heavy atom. The van der Waals surface area contributed by atoms with Crippen molar-refractivity contribution >= 4 is 46.3 Å². The van der Waals surface area contributed by atoms with E-state index in [-0.39, 0.29) is 5.91 Å². The minimum atomic E-state index is 0.130. The Bertz CT molecular complexity index is 891. The van der Waals surface area contributed by atoms with Crippen LogP contribution in [0.1, 0.15) is 6.42 Å². The smallest absolute Gasteiger partial charge is 0.230 e. The van der Waals surface area contributed by atoms with Crippen molar-refractivity contribution in [3.63, 3.8) is 0 Å². The number of amides is 1. The van der Waals surface area contributed by atoms with Crippen LogP contribution >= 0.6 is 23.4 Å². The predicted octanol–water partition coefficient (Wildman–Crippen LogP) is 4.22. The first-order chi connectivity index (χ1) is 11.7. The van der Waals surface area contributed by atoms with Gasteiger partial charge in [-0.2, -0.15) is 0 Å². The van der Waals surface area contributed by atoms with Crippen LogP contribution < -0.4 is 4.90 Å². The summed E-state index contributed by atoms with van der Waals surface area (Å²) in [6.45, 7) is 1.52. The average Bonchev–Trinajstić information content (AvgIpc) is 3.15. The molecule has 0 unspecified atom stereocenters. The van der Waals surface area contributed by atoms with E-state index in [0.717, 1.165) is 39.2 Å². The second-order valence-electron chi connectivity index (χ2n) is 5.65. The summed E-state index contributed by atoms with van der Waals surface area (Å²) in [6.07, 6.45) is 0.497. The zero-order valence-electron chi connectivity index (χ0n) is 13.0. The van der Waals surface area contributed by atoms with Crippen molar-refractivity contribution in [3.8, 4) is 0 Å². The third-order valence-corrected chi connectivity index (χ3v) is 5.39. The molecule has 122 valence electrons. The van der Waals surface area contributed by atoms with E-state index in [9.17, 15) is 4.79 Å². The van der Waals surface area contributed by atoms with Gasteiger partial charge in [-0.3, -0.25) is 9.69 Å². The number of para-hydroxylation sites is 2. The monoisotopic (exact) mass is 357 g/mol. The van der Waals surface area contributed by atoms with Gasteiger partial charge in [-0.1, -0.05) is 23.7 Å². The second-order valence-corrected chi connectivity index (χ2v) is 7.25. The van der Waals surface area contributed by atoms with Crippen LogP contribution in [0.4, 0.5) is 5.95 Å². The first-order valence-electron chi connectivity index (χ1n) is 7.86. The van der Waals surface area contributed by atoms with Gasteiger partial charge in [0, 0.05) is 35.2 Å². The molecule has 0 fully saturated rings. The average molecular weight is 358 g/mol. The van der Waals surface area contributed by atoms with E-state index < -0.39 is 0 Å².